The van der Waals surface area contributed by atoms with E-state index in [1.54, 1.807) is 12.1 Å². The monoisotopic (exact) mass is 656 g/mol. The minimum Gasteiger partial charge on any atom is -0.455 e. The van der Waals surface area contributed by atoms with Gasteiger partial charge in [0.2, 0.25) is 0 Å². The number of fused-ring (bicyclic) bond motifs is 6. The molecule has 50 heavy (non-hydrogen) atoms. The van der Waals surface area contributed by atoms with Crippen molar-refractivity contribution in [3.8, 4) is 51.0 Å². The minimum absolute atomic E-state index is 0.0197. The van der Waals surface area contributed by atoms with Crippen molar-refractivity contribution in [3.63, 3.8) is 0 Å². The predicted octanol–water partition coefficient (Wildman–Crippen LogP) is 11.5. The van der Waals surface area contributed by atoms with E-state index >= 15 is 0 Å². The summed E-state index contributed by atoms with van der Waals surface area (Å²) in [6.45, 7) is 0. The molecule has 0 spiro atoms. The van der Waals surface area contributed by atoms with Gasteiger partial charge in [0.1, 0.15) is 11.2 Å². The Kier molecular flexibility index (Phi) is 3.76. The van der Waals surface area contributed by atoms with Crippen LogP contribution in [0.3, 0.4) is 0 Å². The van der Waals surface area contributed by atoms with E-state index in [2.05, 4.69) is 15.0 Å². The SMILES string of the molecule is [2H]c1cc([2H])c2oc3c(-c4ccc(-c5nc(-c6c([2H])c([2H])c([2H])c([2H])c6[2H])nc(-c6c([2H])c([2H])c([2H])c([2H])c6[2H])n5)cc4-n4c5ccccc5c5ccccc54)c([2H])c([2H])c([2H])c3c2c1[2H]. The van der Waals surface area contributed by atoms with Crippen LogP contribution in [0.15, 0.2) is 174 Å². The first-order valence-corrected chi connectivity index (χ1v) is 15.4. The number of furan rings is 1. The van der Waals surface area contributed by atoms with Crippen LogP contribution in [-0.4, -0.2) is 19.5 Å². The van der Waals surface area contributed by atoms with Gasteiger partial charge in [0.15, 0.2) is 17.5 Å². The molecule has 0 aliphatic heterocycles. The topological polar surface area (TPSA) is 56.7 Å². The maximum atomic E-state index is 9.37. The molecule has 0 radical (unpaired) electrons. The summed E-state index contributed by atoms with van der Waals surface area (Å²) in [6, 6.07) is 11.9. The van der Waals surface area contributed by atoms with Crippen LogP contribution in [0.1, 0.15) is 21.9 Å². The fraction of sp³-hybridized carbons (Fsp3) is 0. The zero-order valence-electron chi connectivity index (χ0n) is 41.6. The summed E-state index contributed by atoms with van der Waals surface area (Å²) in [6.07, 6.45) is 0. The van der Waals surface area contributed by atoms with Crippen molar-refractivity contribution in [1.82, 2.24) is 19.5 Å². The van der Waals surface area contributed by atoms with Crippen molar-refractivity contribution in [1.29, 1.82) is 0 Å². The van der Waals surface area contributed by atoms with E-state index < -0.39 is 101 Å². The lowest BCUT2D eigenvalue weighted by Gasteiger charge is -2.16. The van der Waals surface area contributed by atoms with Crippen LogP contribution >= 0.6 is 0 Å². The summed E-state index contributed by atoms with van der Waals surface area (Å²) in [4.78, 5) is 13.7. The van der Waals surface area contributed by atoms with Gasteiger partial charge in [-0.1, -0.05) is 145 Å². The van der Waals surface area contributed by atoms with Gasteiger partial charge in [0.05, 0.1) is 38.7 Å². The number of para-hydroxylation sites is 4. The fourth-order valence-corrected chi connectivity index (χ4v) is 6.26. The van der Waals surface area contributed by atoms with Gasteiger partial charge < -0.3 is 8.98 Å². The van der Waals surface area contributed by atoms with E-state index in [1.165, 1.54) is 6.07 Å². The zero-order valence-corrected chi connectivity index (χ0v) is 25.6. The Balaban J connectivity index is 1.36. The minimum atomic E-state index is -0.695. The molecular weight excluding hydrogens is 613 g/mol. The Morgan fingerprint density at radius 2 is 1.06 bits per heavy atom. The average Bonchev–Trinajstić information content (AvgIpc) is 3.88. The van der Waals surface area contributed by atoms with Crippen LogP contribution in [0.5, 0.6) is 0 Å². The Morgan fingerprint density at radius 1 is 0.460 bits per heavy atom. The number of nitrogens with zero attached hydrogens (tertiary/aromatic N) is 4. The third-order valence-electron chi connectivity index (χ3n) is 8.41. The molecule has 10 aromatic rings. The lowest BCUT2D eigenvalue weighted by Crippen LogP contribution is -2.02. The van der Waals surface area contributed by atoms with Gasteiger partial charge in [-0.05, 0) is 24.2 Å². The molecule has 0 amide bonds. The van der Waals surface area contributed by atoms with Crippen LogP contribution in [0.25, 0.3) is 94.7 Å². The standard InChI is InChI=1S/C45H28N4O/c1-3-14-29(15-4-1)43-46-44(30-16-5-2-6-17-30)48-45(47-43)31-26-27-34(36-21-13-22-37-35-20-9-12-25-41(35)50-42(36)37)40(28-31)49-38-23-10-7-18-32(38)33-19-8-11-24-39(33)49/h1-28H/i1D,2D,3D,4D,5D,6D,9D,13D,14D,15D,16D,17D,20D,21D,22D,25D. The van der Waals surface area contributed by atoms with Gasteiger partial charge in [-0.15, -0.1) is 0 Å². The summed E-state index contributed by atoms with van der Waals surface area (Å²) < 4.78 is 146. The highest BCUT2D eigenvalue weighted by atomic mass is 16.3. The smallest absolute Gasteiger partial charge is 0.164 e. The van der Waals surface area contributed by atoms with Gasteiger partial charge >= 0.3 is 0 Å². The largest absolute Gasteiger partial charge is 0.455 e. The molecule has 3 heterocycles. The lowest BCUT2D eigenvalue weighted by atomic mass is 9.98. The molecule has 0 aliphatic rings. The van der Waals surface area contributed by atoms with E-state index in [9.17, 15) is 1.37 Å². The van der Waals surface area contributed by atoms with Crippen LogP contribution in [-0.2, 0) is 0 Å². The Morgan fingerprint density at radius 3 is 1.72 bits per heavy atom. The summed E-state index contributed by atoms with van der Waals surface area (Å²) in [7, 11) is 0. The normalized spacial score (nSPS) is 16.1. The van der Waals surface area contributed by atoms with Crippen molar-refractivity contribution in [2.45, 2.75) is 0 Å². The first-order valence-electron chi connectivity index (χ1n) is 23.4. The van der Waals surface area contributed by atoms with E-state index in [0.717, 1.165) is 16.8 Å². The van der Waals surface area contributed by atoms with Crippen LogP contribution in [0.4, 0.5) is 0 Å². The molecule has 0 unspecified atom stereocenters. The molecule has 7 aromatic carbocycles. The molecule has 5 nitrogen and oxygen atoms in total. The van der Waals surface area contributed by atoms with Crippen LogP contribution < -0.4 is 0 Å². The van der Waals surface area contributed by atoms with Gasteiger partial charge in [-0.2, -0.15) is 0 Å². The zero-order chi connectivity index (χ0) is 46.9. The van der Waals surface area contributed by atoms with Crippen molar-refractivity contribution >= 4 is 43.7 Å². The highest BCUT2D eigenvalue weighted by molar-refractivity contribution is 6.12. The molecule has 0 bridgehead atoms. The second-order valence-corrected chi connectivity index (χ2v) is 11.2. The number of aromatic nitrogens is 4. The molecule has 0 atom stereocenters. The Labute approximate surface area is 310 Å². The van der Waals surface area contributed by atoms with Crippen molar-refractivity contribution in [3.05, 3.63) is 169 Å². The fourth-order valence-electron chi connectivity index (χ4n) is 6.26. The summed E-state index contributed by atoms with van der Waals surface area (Å²) in [5, 5.41) is 1.61. The van der Waals surface area contributed by atoms with Gasteiger partial charge in [0, 0.05) is 49.4 Å². The van der Waals surface area contributed by atoms with Crippen molar-refractivity contribution in [2.24, 2.45) is 0 Å². The first kappa shape index (κ1) is 16.5. The molecule has 0 aliphatic carbocycles. The van der Waals surface area contributed by atoms with Crippen molar-refractivity contribution < 1.29 is 26.3 Å². The van der Waals surface area contributed by atoms with Crippen LogP contribution in [0.2, 0.25) is 0 Å². The lowest BCUT2D eigenvalue weighted by molar-refractivity contribution is 0.670. The number of hydrogen-bond donors (Lipinski definition) is 0. The molecule has 0 saturated carbocycles. The van der Waals surface area contributed by atoms with Crippen molar-refractivity contribution in [2.75, 3.05) is 0 Å². The molecule has 234 valence electrons. The molecule has 5 heteroatoms. The summed E-state index contributed by atoms with van der Waals surface area (Å²) in [5.74, 6) is -1.14. The summed E-state index contributed by atoms with van der Waals surface area (Å²) >= 11 is 0. The average molecular weight is 657 g/mol. The van der Waals surface area contributed by atoms with Gasteiger partial charge in [-0.3, -0.25) is 0 Å². The Bertz CT molecular complexity index is 3610. The number of rotatable bonds is 5. The molecule has 10 rings (SSSR count). The molecule has 0 N–H and O–H groups in total. The Hall–Kier alpha value is -6.85. The predicted molar refractivity (Wildman–Crippen MR) is 203 cm³/mol. The maximum absolute atomic E-state index is 9.37. The third-order valence-corrected chi connectivity index (χ3v) is 8.41. The van der Waals surface area contributed by atoms with E-state index in [1.807, 2.05) is 53.1 Å². The van der Waals surface area contributed by atoms with Gasteiger partial charge in [-0.25, -0.2) is 15.0 Å². The third kappa shape index (κ3) is 4.52. The van der Waals surface area contributed by atoms with Gasteiger partial charge in [0.25, 0.3) is 0 Å². The number of hydrogen-bond acceptors (Lipinski definition) is 4. The highest BCUT2D eigenvalue weighted by Crippen LogP contribution is 2.42. The van der Waals surface area contributed by atoms with E-state index in [0.29, 0.717) is 16.7 Å². The second-order valence-electron chi connectivity index (χ2n) is 11.2. The quantitative estimate of drug-likeness (QED) is 0.185. The van der Waals surface area contributed by atoms with Crippen LogP contribution in [0, 0.1) is 0 Å². The molecule has 0 saturated heterocycles. The van der Waals surface area contributed by atoms with E-state index in [-0.39, 0.29) is 62.6 Å². The summed E-state index contributed by atoms with van der Waals surface area (Å²) in [5.41, 5.74) is 1.08. The van der Waals surface area contributed by atoms with E-state index in [4.69, 9.17) is 25.0 Å². The highest BCUT2D eigenvalue weighted by Gasteiger charge is 2.21. The molecule has 0 fully saturated rings. The second kappa shape index (κ2) is 11.4. The first-order chi connectivity index (χ1) is 31.4. The molecule has 3 aromatic heterocycles. The molecular formula is C45H28N4O. The number of benzene rings is 7. The maximum Gasteiger partial charge on any atom is 0.164 e.